The molecule has 3 heterocycles. The molecule has 7 nitrogen and oxygen atoms in total. The lowest BCUT2D eigenvalue weighted by Crippen LogP contribution is -2.48. The van der Waals surface area contributed by atoms with Crippen LogP contribution in [0.5, 0.6) is 11.5 Å². The highest BCUT2D eigenvalue weighted by molar-refractivity contribution is 9.10. The second-order valence-corrected chi connectivity index (χ2v) is 9.11. The molecule has 5 rings (SSSR count). The van der Waals surface area contributed by atoms with Gasteiger partial charge in [-0.1, -0.05) is 15.9 Å². The normalized spacial score (nSPS) is 16.8. The number of nitrogens with one attached hydrogen (secondary N) is 1. The Labute approximate surface area is 194 Å². The van der Waals surface area contributed by atoms with Gasteiger partial charge in [0.1, 0.15) is 18.0 Å². The van der Waals surface area contributed by atoms with Crippen molar-refractivity contribution in [3.63, 3.8) is 0 Å². The highest BCUT2D eigenvalue weighted by Crippen LogP contribution is 2.36. The molecule has 2 aliphatic heterocycles. The van der Waals surface area contributed by atoms with Gasteiger partial charge in [0.05, 0.1) is 12.8 Å². The fourth-order valence-corrected chi connectivity index (χ4v) is 4.95. The highest BCUT2D eigenvalue weighted by atomic mass is 79.9. The van der Waals surface area contributed by atoms with Crippen LogP contribution in [0.3, 0.4) is 0 Å². The number of likely N-dealkylation sites (tertiary alicyclic amines) is 1. The molecule has 3 aromatic rings. The van der Waals surface area contributed by atoms with Crippen molar-refractivity contribution in [3.05, 3.63) is 52.6 Å². The quantitative estimate of drug-likeness (QED) is 0.589. The van der Waals surface area contributed by atoms with Crippen LogP contribution in [0.4, 0.5) is 5.69 Å². The van der Waals surface area contributed by atoms with E-state index in [-0.39, 0.29) is 25.0 Å². The number of amides is 2. The fourth-order valence-electron chi connectivity index (χ4n) is 4.61. The van der Waals surface area contributed by atoms with Crippen LogP contribution in [0.1, 0.15) is 24.3 Å². The number of H-pyrrole nitrogens is 1. The average Bonchev–Trinajstić information content (AvgIpc) is 3.24. The van der Waals surface area contributed by atoms with Crippen molar-refractivity contribution in [2.75, 3.05) is 38.3 Å². The maximum absolute atomic E-state index is 13.0. The van der Waals surface area contributed by atoms with Crippen molar-refractivity contribution in [2.45, 2.75) is 18.8 Å². The van der Waals surface area contributed by atoms with Gasteiger partial charge in [0.25, 0.3) is 5.91 Å². The number of hydrogen-bond acceptors (Lipinski definition) is 4. The third-order valence-corrected chi connectivity index (χ3v) is 6.86. The molecule has 0 aliphatic carbocycles. The summed E-state index contributed by atoms with van der Waals surface area (Å²) in [6, 6.07) is 11.5. The van der Waals surface area contributed by atoms with Crippen LogP contribution in [-0.4, -0.2) is 55.0 Å². The van der Waals surface area contributed by atoms with Crippen LogP contribution in [-0.2, 0) is 9.59 Å². The topological polar surface area (TPSA) is 74.9 Å². The van der Waals surface area contributed by atoms with Gasteiger partial charge in [-0.2, -0.15) is 0 Å². The standard InChI is InChI=1S/C24H24BrN3O4/c1-31-17-3-4-20-18(11-17)19(12-26-20)15-6-8-27(9-7-15)23(29)13-28-21-5-2-16(25)10-22(21)32-14-24(28)30/h2-5,10-12,15,26H,6-9,13-14H2,1H3. The summed E-state index contributed by atoms with van der Waals surface area (Å²) >= 11 is 3.42. The van der Waals surface area contributed by atoms with Gasteiger partial charge in [-0.15, -0.1) is 0 Å². The van der Waals surface area contributed by atoms with Crippen LogP contribution < -0.4 is 14.4 Å². The number of fused-ring (bicyclic) bond motifs is 2. The first kappa shape index (κ1) is 20.9. The van der Waals surface area contributed by atoms with Crippen LogP contribution in [0.2, 0.25) is 0 Å². The zero-order valence-electron chi connectivity index (χ0n) is 17.8. The molecule has 2 aliphatic rings. The Bertz CT molecular complexity index is 1180. The number of anilines is 1. The number of ether oxygens (including phenoxy) is 2. The monoisotopic (exact) mass is 497 g/mol. The van der Waals surface area contributed by atoms with Crippen molar-refractivity contribution >= 4 is 44.3 Å². The van der Waals surface area contributed by atoms with Gasteiger partial charge in [-0.25, -0.2) is 0 Å². The molecular formula is C24H24BrN3O4. The molecule has 1 N–H and O–H groups in total. The van der Waals surface area contributed by atoms with Gasteiger partial charge in [0.15, 0.2) is 6.61 Å². The summed E-state index contributed by atoms with van der Waals surface area (Å²) in [6.45, 7) is 1.33. The van der Waals surface area contributed by atoms with E-state index in [1.807, 2.05) is 29.2 Å². The van der Waals surface area contributed by atoms with Crippen LogP contribution in [0, 0.1) is 0 Å². The molecule has 0 spiro atoms. The number of nitrogens with zero attached hydrogens (tertiary/aromatic N) is 2. The molecule has 2 aromatic carbocycles. The van der Waals surface area contributed by atoms with Crippen molar-refractivity contribution in [1.29, 1.82) is 0 Å². The second-order valence-electron chi connectivity index (χ2n) is 8.19. The Balaban J connectivity index is 1.26. The molecule has 0 saturated carbocycles. The number of aromatic amines is 1. The van der Waals surface area contributed by atoms with Crippen LogP contribution >= 0.6 is 15.9 Å². The maximum Gasteiger partial charge on any atom is 0.265 e. The van der Waals surface area contributed by atoms with Crippen molar-refractivity contribution in [3.8, 4) is 11.5 Å². The zero-order chi connectivity index (χ0) is 22.2. The van der Waals surface area contributed by atoms with E-state index in [1.165, 1.54) is 15.8 Å². The van der Waals surface area contributed by atoms with E-state index >= 15 is 0 Å². The van der Waals surface area contributed by atoms with E-state index in [9.17, 15) is 9.59 Å². The first-order valence-corrected chi connectivity index (χ1v) is 11.5. The molecule has 1 aromatic heterocycles. The lowest BCUT2D eigenvalue weighted by Gasteiger charge is -2.35. The molecule has 2 amide bonds. The zero-order valence-corrected chi connectivity index (χ0v) is 19.4. The first-order chi connectivity index (χ1) is 15.5. The number of carbonyl (C=O) groups is 2. The molecule has 0 bridgehead atoms. The number of methoxy groups -OCH3 is 1. The summed E-state index contributed by atoms with van der Waals surface area (Å²) in [4.78, 5) is 32.2. The second kappa shape index (κ2) is 8.50. The summed E-state index contributed by atoms with van der Waals surface area (Å²) in [6.07, 6.45) is 3.85. The Morgan fingerprint density at radius 3 is 2.81 bits per heavy atom. The third kappa shape index (κ3) is 3.83. The number of aromatic nitrogens is 1. The molecule has 0 radical (unpaired) electrons. The van der Waals surface area contributed by atoms with Gasteiger partial charge >= 0.3 is 0 Å². The number of carbonyl (C=O) groups excluding carboxylic acids is 2. The Morgan fingerprint density at radius 2 is 2.03 bits per heavy atom. The van der Waals surface area contributed by atoms with E-state index in [4.69, 9.17) is 9.47 Å². The van der Waals surface area contributed by atoms with E-state index in [0.717, 1.165) is 28.6 Å². The minimum Gasteiger partial charge on any atom is -0.497 e. The maximum atomic E-state index is 13.0. The molecule has 0 unspecified atom stereocenters. The average molecular weight is 498 g/mol. The smallest absolute Gasteiger partial charge is 0.265 e. The highest BCUT2D eigenvalue weighted by Gasteiger charge is 2.31. The van der Waals surface area contributed by atoms with Crippen molar-refractivity contribution in [2.24, 2.45) is 0 Å². The third-order valence-electron chi connectivity index (χ3n) is 6.37. The molecule has 166 valence electrons. The summed E-state index contributed by atoms with van der Waals surface area (Å²) in [7, 11) is 1.67. The molecule has 1 saturated heterocycles. The first-order valence-electron chi connectivity index (χ1n) is 10.7. The summed E-state index contributed by atoms with van der Waals surface area (Å²) < 4.78 is 11.8. The van der Waals surface area contributed by atoms with Gasteiger partial charge in [0.2, 0.25) is 5.91 Å². The predicted octanol–water partition coefficient (Wildman–Crippen LogP) is 4.07. The molecule has 1 fully saturated rings. The molecular weight excluding hydrogens is 474 g/mol. The van der Waals surface area contributed by atoms with Gasteiger partial charge in [0, 0.05) is 34.7 Å². The minimum atomic E-state index is -0.198. The lowest BCUT2D eigenvalue weighted by atomic mass is 9.89. The molecule has 32 heavy (non-hydrogen) atoms. The largest absolute Gasteiger partial charge is 0.497 e. The van der Waals surface area contributed by atoms with E-state index in [2.05, 4.69) is 33.2 Å². The number of piperidine rings is 1. The number of hydrogen-bond donors (Lipinski definition) is 1. The summed E-state index contributed by atoms with van der Waals surface area (Å²) in [5, 5.41) is 1.18. The van der Waals surface area contributed by atoms with Gasteiger partial charge in [-0.3, -0.25) is 14.5 Å². The number of rotatable bonds is 4. The van der Waals surface area contributed by atoms with Gasteiger partial charge < -0.3 is 19.4 Å². The van der Waals surface area contributed by atoms with E-state index < -0.39 is 0 Å². The summed E-state index contributed by atoms with van der Waals surface area (Å²) in [5.41, 5.74) is 3.00. The van der Waals surface area contributed by atoms with E-state index in [1.54, 1.807) is 13.2 Å². The van der Waals surface area contributed by atoms with Crippen molar-refractivity contribution in [1.82, 2.24) is 9.88 Å². The lowest BCUT2D eigenvalue weighted by molar-refractivity contribution is -0.132. The van der Waals surface area contributed by atoms with E-state index in [0.29, 0.717) is 30.4 Å². The Kier molecular flexibility index (Phi) is 5.55. The summed E-state index contributed by atoms with van der Waals surface area (Å²) in [5.74, 6) is 1.60. The number of benzene rings is 2. The van der Waals surface area contributed by atoms with Crippen molar-refractivity contribution < 1.29 is 19.1 Å². The fraction of sp³-hybridized carbons (Fsp3) is 0.333. The Hall–Kier alpha value is -3.00. The number of halogens is 1. The minimum absolute atomic E-state index is 0.0335. The molecule has 0 atom stereocenters. The molecule has 8 heteroatoms. The Morgan fingerprint density at radius 1 is 1.22 bits per heavy atom. The SMILES string of the molecule is COc1ccc2[nH]cc(C3CCN(C(=O)CN4C(=O)COc5cc(Br)ccc54)CC3)c2c1. The van der Waals surface area contributed by atoms with Gasteiger partial charge in [-0.05, 0) is 60.7 Å². The van der Waals surface area contributed by atoms with Crippen LogP contribution in [0.25, 0.3) is 10.9 Å². The van der Waals surface area contributed by atoms with Crippen LogP contribution in [0.15, 0.2) is 47.1 Å². The predicted molar refractivity (Wildman–Crippen MR) is 125 cm³/mol.